The van der Waals surface area contributed by atoms with Crippen molar-refractivity contribution >= 4 is 57.3 Å². The summed E-state index contributed by atoms with van der Waals surface area (Å²) in [4.78, 5) is 51.8. The van der Waals surface area contributed by atoms with Crippen LogP contribution in [0.4, 0.5) is 5.82 Å². The summed E-state index contributed by atoms with van der Waals surface area (Å²) in [5.41, 5.74) is 1.10. The maximum atomic E-state index is 12.9. The van der Waals surface area contributed by atoms with Crippen LogP contribution in [0, 0.1) is 0 Å². The average molecular weight is 555 g/mol. The third kappa shape index (κ3) is 6.10. The highest BCUT2D eigenvalue weighted by Crippen LogP contribution is 2.36. The van der Waals surface area contributed by atoms with E-state index >= 15 is 0 Å². The van der Waals surface area contributed by atoms with Crippen LogP contribution in [-0.4, -0.2) is 51.0 Å². The Morgan fingerprint density at radius 1 is 1.24 bits per heavy atom. The van der Waals surface area contributed by atoms with Crippen molar-refractivity contribution in [1.29, 1.82) is 0 Å². The van der Waals surface area contributed by atoms with E-state index in [4.69, 9.17) is 25.8 Å². The fraction of sp³-hybridized carbons (Fsp3) is 0.318. The van der Waals surface area contributed by atoms with Gasteiger partial charge in [-0.3, -0.25) is 19.0 Å². The van der Waals surface area contributed by atoms with E-state index in [-0.39, 0.29) is 12.4 Å². The topological polar surface area (TPSA) is 126 Å². The molecule has 180 valence electrons. The number of hydrogen-bond donors (Lipinski definition) is 1. The minimum absolute atomic E-state index is 0.0131. The number of nitrogens with zero attached hydrogens (tertiary/aromatic N) is 2. The van der Waals surface area contributed by atoms with Gasteiger partial charge in [0.15, 0.2) is 12.3 Å². The molecule has 2 aromatic rings. The van der Waals surface area contributed by atoms with E-state index in [1.807, 2.05) is 0 Å². The lowest BCUT2D eigenvalue weighted by Crippen LogP contribution is -2.37. The van der Waals surface area contributed by atoms with Crippen molar-refractivity contribution < 1.29 is 28.6 Å². The van der Waals surface area contributed by atoms with E-state index in [1.165, 1.54) is 31.7 Å². The molecule has 0 spiro atoms. The molecule has 1 aromatic heterocycles. The smallest absolute Gasteiger partial charge is 0.351 e. The molecule has 4 atom stereocenters. The maximum Gasteiger partial charge on any atom is 0.351 e. The summed E-state index contributed by atoms with van der Waals surface area (Å²) < 4.78 is 17.4. The van der Waals surface area contributed by atoms with Crippen molar-refractivity contribution in [3.63, 3.8) is 0 Å². The van der Waals surface area contributed by atoms with Crippen molar-refractivity contribution in [1.82, 2.24) is 9.55 Å². The van der Waals surface area contributed by atoms with Gasteiger partial charge in [0.1, 0.15) is 18.5 Å². The average Bonchev–Trinajstić information content (AvgIpc) is 3.09. The monoisotopic (exact) mass is 553 g/mol. The molecule has 2 heterocycles. The first-order chi connectivity index (χ1) is 16.2. The Labute approximate surface area is 208 Å². The molecular formula is C22H21BrClN3O7. The molecule has 1 saturated heterocycles. The van der Waals surface area contributed by atoms with Crippen LogP contribution in [0.2, 0.25) is 0 Å². The van der Waals surface area contributed by atoms with Gasteiger partial charge >= 0.3 is 17.6 Å². The number of esters is 2. The molecule has 12 heteroatoms. The number of rotatable bonds is 7. The summed E-state index contributed by atoms with van der Waals surface area (Å²) in [5.74, 6) is -1.58. The fourth-order valence-corrected chi connectivity index (χ4v) is 4.08. The molecule has 0 aliphatic carbocycles. The van der Waals surface area contributed by atoms with Crippen LogP contribution >= 0.6 is 27.5 Å². The van der Waals surface area contributed by atoms with Gasteiger partial charge in [0.05, 0.1) is 4.83 Å². The van der Waals surface area contributed by atoms with Crippen molar-refractivity contribution in [3.8, 4) is 0 Å². The number of amides is 1. The lowest BCUT2D eigenvalue weighted by atomic mass is 10.2. The van der Waals surface area contributed by atoms with Crippen molar-refractivity contribution in [2.45, 2.75) is 37.1 Å². The van der Waals surface area contributed by atoms with Gasteiger partial charge in [0.25, 0.3) is 5.91 Å². The van der Waals surface area contributed by atoms with Crippen molar-refractivity contribution in [2.75, 3.05) is 11.9 Å². The Kier molecular flexibility index (Phi) is 8.59. The van der Waals surface area contributed by atoms with E-state index in [9.17, 15) is 19.2 Å². The first-order valence-corrected chi connectivity index (χ1v) is 11.4. The molecule has 0 unspecified atom stereocenters. The number of benzene rings is 1. The molecule has 1 aromatic carbocycles. The predicted octanol–water partition coefficient (Wildman–Crippen LogP) is 2.86. The largest absolute Gasteiger partial charge is 0.463 e. The third-order valence-corrected chi connectivity index (χ3v) is 6.02. The zero-order chi connectivity index (χ0) is 24.8. The highest BCUT2D eigenvalue weighted by molar-refractivity contribution is 9.09. The van der Waals surface area contributed by atoms with Gasteiger partial charge in [0, 0.05) is 36.7 Å². The molecule has 1 amide bonds. The molecule has 1 aliphatic heterocycles. The Bertz CT molecular complexity index is 1150. The Balaban J connectivity index is 1.96. The van der Waals surface area contributed by atoms with E-state index in [0.717, 1.165) is 4.57 Å². The normalized spacial score (nSPS) is 21.9. The van der Waals surface area contributed by atoms with E-state index in [2.05, 4.69) is 26.2 Å². The van der Waals surface area contributed by atoms with Crippen LogP contribution in [0.15, 0.2) is 46.9 Å². The number of ether oxygens (including phenoxy) is 3. The second-order valence-electron chi connectivity index (χ2n) is 7.23. The molecule has 1 fully saturated rings. The molecule has 3 rings (SSSR count). The SMILES string of the molecule is CC(=O)OC[C@H]1O[C@@H](n2cc(C=CCl)c(NC(=O)c3ccccc3)nc2=O)[C@H](OC(C)=O)[C@H]1Br. The van der Waals surface area contributed by atoms with Crippen LogP contribution in [0.25, 0.3) is 6.08 Å². The minimum Gasteiger partial charge on any atom is -0.463 e. The summed E-state index contributed by atoms with van der Waals surface area (Å²) >= 11 is 9.18. The number of hydrogen-bond acceptors (Lipinski definition) is 8. The number of aromatic nitrogens is 2. The summed E-state index contributed by atoms with van der Waals surface area (Å²) in [6.45, 7) is 2.35. The van der Waals surface area contributed by atoms with E-state index in [0.29, 0.717) is 11.1 Å². The number of nitrogens with one attached hydrogen (secondary N) is 1. The number of alkyl halides is 1. The lowest BCUT2D eigenvalue weighted by molar-refractivity contribution is -0.153. The lowest BCUT2D eigenvalue weighted by Gasteiger charge is -2.22. The molecule has 0 bridgehead atoms. The predicted molar refractivity (Wildman–Crippen MR) is 127 cm³/mol. The third-order valence-electron chi connectivity index (χ3n) is 4.78. The van der Waals surface area contributed by atoms with Gasteiger partial charge in [-0.1, -0.05) is 45.7 Å². The van der Waals surface area contributed by atoms with Crippen molar-refractivity contribution in [3.05, 3.63) is 63.7 Å². The molecule has 34 heavy (non-hydrogen) atoms. The number of anilines is 1. The zero-order valence-corrected chi connectivity index (χ0v) is 20.5. The van der Waals surface area contributed by atoms with Crippen LogP contribution in [0.5, 0.6) is 0 Å². The number of carbonyl (C=O) groups excluding carboxylic acids is 3. The summed E-state index contributed by atoms with van der Waals surface area (Å²) in [6.07, 6.45) is 0.0761. The van der Waals surface area contributed by atoms with Gasteiger partial charge in [-0.25, -0.2) is 4.79 Å². The highest BCUT2D eigenvalue weighted by Gasteiger charge is 2.47. The van der Waals surface area contributed by atoms with Crippen LogP contribution < -0.4 is 11.0 Å². The van der Waals surface area contributed by atoms with Gasteiger partial charge in [-0.05, 0) is 18.2 Å². The van der Waals surface area contributed by atoms with Gasteiger partial charge < -0.3 is 19.5 Å². The highest BCUT2D eigenvalue weighted by atomic mass is 79.9. The standard InChI is InChI=1S/C22H21BrClN3O7/c1-12(28)32-11-16-17(23)18(33-13(2)29)21(34-16)27-10-15(8-9-24)19(26-22(27)31)25-20(30)14-6-4-3-5-7-14/h3-10,16-18,21H,11H2,1-2H3,(H,25,26,30,31)/t16-,17+,18-,21-/m1/s1. The molecular weight excluding hydrogens is 534 g/mol. The van der Waals surface area contributed by atoms with Gasteiger partial charge in [-0.2, -0.15) is 4.98 Å². The molecule has 0 saturated carbocycles. The Morgan fingerprint density at radius 3 is 2.56 bits per heavy atom. The van der Waals surface area contributed by atoms with Crippen LogP contribution in [-0.2, 0) is 23.8 Å². The molecule has 10 nitrogen and oxygen atoms in total. The Morgan fingerprint density at radius 2 is 1.94 bits per heavy atom. The minimum atomic E-state index is -1.09. The zero-order valence-electron chi connectivity index (χ0n) is 18.1. The molecule has 1 N–H and O–H groups in total. The van der Waals surface area contributed by atoms with E-state index in [1.54, 1.807) is 30.3 Å². The summed E-state index contributed by atoms with van der Waals surface area (Å²) in [7, 11) is 0. The van der Waals surface area contributed by atoms with Crippen molar-refractivity contribution in [2.24, 2.45) is 0 Å². The van der Waals surface area contributed by atoms with Crippen LogP contribution in [0.3, 0.4) is 0 Å². The molecule has 1 aliphatic rings. The second-order valence-corrected chi connectivity index (χ2v) is 8.54. The fourth-order valence-electron chi connectivity index (χ4n) is 3.30. The van der Waals surface area contributed by atoms with E-state index < -0.39 is 46.8 Å². The van der Waals surface area contributed by atoms with Gasteiger partial charge in [-0.15, -0.1) is 0 Å². The number of halogens is 2. The first-order valence-electron chi connectivity index (χ1n) is 10.1. The quantitative estimate of drug-likeness (QED) is 0.409. The Hall–Kier alpha value is -3.02. The van der Waals surface area contributed by atoms with Crippen LogP contribution in [0.1, 0.15) is 36.0 Å². The summed E-state index contributed by atoms with van der Waals surface area (Å²) in [6, 6.07) is 8.40. The van der Waals surface area contributed by atoms with Gasteiger partial charge in [0.2, 0.25) is 0 Å². The number of carbonyl (C=O) groups is 3. The first kappa shape index (κ1) is 25.6. The maximum absolute atomic E-state index is 12.9. The second kappa shape index (κ2) is 11.4. The molecule has 0 radical (unpaired) electrons. The summed E-state index contributed by atoms with van der Waals surface area (Å²) in [5, 5.41) is 2.60.